The molecule has 2 nitrogen and oxygen atoms in total. The first-order valence-corrected chi connectivity index (χ1v) is 16.6. The van der Waals surface area contributed by atoms with Crippen molar-refractivity contribution in [3.05, 3.63) is 65.2 Å². The summed E-state index contributed by atoms with van der Waals surface area (Å²) in [6, 6.07) is 16.2. The minimum Gasteiger partial charge on any atom is -0.497 e. The number of ether oxygens (including phenoxy) is 2. The average molecular weight is 533 g/mol. The van der Waals surface area contributed by atoms with Gasteiger partial charge in [0.2, 0.25) is 0 Å². The van der Waals surface area contributed by atoms with Crippen LogP contribution in [-0.2, 0) is 0 Å². The van der Waals surface area contributed by atoms with Crippen LogP contribution in [0.15, 0.2) is 54.1 Å². The van der Waals surface area contributed by atoms with Gasteiger partial charge in [-0.15, -0.1) is 17.3 Å². The summed E-state index contributed by atoms with van der Waals surface area (Å²) in [6.45, 7) is 16.4. The van der Waals surface area contributed by atoms with E-state index in [1.165, 1.54) is 0 Å². The zero-order valence-corrected chi connectivity index (χ0v) is 26.0. The summed E-state index contributed by atoms with van der Waals surface area (Å²) in [5, 5.41) is 0. The second-order valence-electron chi connectivity index (χ2n) is 10.3. The Morgan fingerprint density at radius 2 is 1.30 bits per heavy atom. The van der Waals surface area contributed by atoms with E-state index in [0.717, 1.165) is 51.7 Å². The highest BCUT2D eigenvalue weighted by atomic mass is 32.2. The van der Waals surface area contributed by atoms with E-state index < -0.39 is 8.07 Å². The fourth-order valence-corrected chi connectivity index (χ4v) is 11.3. The Labute approximate surface area is 231 Å². The summed E-state index contributed by atoms with van der Waals surface area (Å²) in [5.41, 5.74) is 8.62. The van der Waals surface area contributed by atoms with E-state index in [0.29, 0.717) is 16.6 Å². The van der Waals surface area contributed by atoms with Crippen LogP contribution in [0, 0.1) is 23.3 Å². The van der Waals surface area contributed by atoms with Crippen LogP contribution >= 0.6 is 11.8 Å². The van der Waals surface area contributed by atoms with Gasteiger partial charge in [0.15, 0.2) is 0 Å². The smallest absolute Gasteiger partial charge is 0.146 e. The van der Waals surface area contributed by atoms with Gasteiger partial charge in [-0.3, -0.25) is 0 Å². The molecule has 0 spiro atoms. The van der Waals surface area contributed by atoms with Gasteiger partial charge in [0.1, 0.15) is 19.6 Å². The lowest BCUT2D eigenvalue weighted by Crippen LogP contribution is -2.43. The predicted molar refractivity (Wildman–Crippen MR) is 166 cm³/mol. The lowest BCUT2D eigenvalue weighted by atomic mass is 10.1. The average Bonchev–Trinajstić information content (AvgIpc) is 2.89. The highest BCUT2D eigenvalue weighted by Crippen LogP contribution is 2.41. The summed E-state index contributed by atoms with van der Waals surface area (Å²) in [5.74, 6) is 13.3. The third-order valence-corrected chi connectivity index (χ3v) is 14.5. The normalized spacial score (nSPS) is 12.0. The van der Waals surface area contributed by atoms with E-state index in [1.807, 2.05) is 48.2 Å². The SMILES string of the molecule is CCCCS/C(=C(/C#Cc1ccc(OC)cc1)C#C[Si](C(C)C)(C(C)C)C(C)C)c1ccc(OC)cc1. The first-order chi connectivity index (χ1) is 17.7. The quantitative estimate of drug-likeness (QED) is 0.173. The Balaban J connectivity index is 2.78. The molecule has 0 aromatic heterocycles. The predicted octanol–water partition coefficient (Wildman–Crippen LogP) is 9.22. The van der Waals surface area contributed by atoms with Crippen LogP contribution in [-0.4, -0.2) is 28.0 Å². The fraction of sp³-hybridized carbons (Fsp3) is 0.455. The third kappa shape index (κ3) is 8.23. The van der Waals surface area contributed by atoms with Crippen molar-refractivity contribution >= 4 is 24.7 Å². The van der Waals surface area contributed by atoms with Crippen molar-refractivity contribution in [2.75, 3.05) is 20.0 Å². The molecule has 0 heterocycles. The molecule has 0 bridgehead atoms. The molecule has 0 aliphatic rings. The molecule has 0 unspecified atom stereocenters. The Hall–Kier alpha value is -2.53. The van der Waals surface area contributed by atoms with Crippen LogP contribution in [0.1, 0.15) is 72.4 Å². The molecule has 2 aromatic rings. The van der Waals surface area contributed by atoms with Gasteiger partial charge in [0.25, 0.3) is 0 Å². The summed E-state index contributed by atoms with van der Waals surface area (Å²) in [7, 11) is 1.46. The van der Waals surface area contributed by atoms with Gasteiger partial charge in [-0.25, -0.2) is 0 Å². The molecular formula is C33H44O2SSi. The maximum Gasteiger partial charge on any atom is 0.146 e. The van der Waals surface area contributed by atoms with Crippen LogP contribution in [0.3, 0.4) is 0 Å². The van der Waals surface area contributed by atoms with Crippen molar-refractivity contribution < 1.29 is 9.47 Å². The summed E-state index contributed by atoms with van der Waals surface area (Å²) < 4.78 is 10.7. The molecule has 0 aliphatic heterocycles. The molecule has 198 valence electrons. The molecule has 2 aromatic carbocycles. The van der Waals surface area contributed by atoms with E-state index in [4.69, 9.17) is 9.47 Å². The molecule has 0 atom stereocenters. The molecule has 0 saturated carbocycles. The molecule has 0 radical (unpaired) electrons. The van der Waals surface area contributed by atoms with E-state index >= 15 is 0 Å². The van der Waals surface area contributed by atoms with Crippen LogP contribution in [0.25, 0.3) is 4.91 Å². The molecule has 0 saturated heterocycles. The summed E-state index contributed by atoms with van der Waals surface area (Å²) in [6.07, 6.45) is 2.31. The number of unbranched alkanes of at least 4 members (excludes halogenated alkanes) is 1. The second-order valence-corrected chi connectivity index (χ2v) is 16.9. The zero-order valence-electron chi connectivity index (χ0n) is 24.2. The van der Waals surface area contributed by atoms with Gasteiger partial charge in [-0.2, -0.15) is 0 Å². The number of methoxy groups -OCH3 is 2. The minimum atomic E-state index is -1.92. The molecule has 4 heteroatoms. The Kier molecular flexibility index (Phi) is 12.5. The number of thioether (sulfide) groups is 1. The molecule has 0 fully saturated rings. The number of hydrogen-bond donors (Lipinski definition) is 0. The van der Waals surface area contributed by atoms with E-state index in [2.05, 4.69) is 83.9 Å². The molecule has 0 aliphatic carbocycles. The molecule has 0 N–H and O–H groups in total. The topological polar surface area (TPSA) is 18.5 Å². The Bertz CT molecular complexity index is 1120. The van der Waals surface area contributed by atoms with Gasteiger partial charge in [0.05, 0.1) is 19.8 Å². The van der Waals surface area contributed by atoms with Crippen molar-refractivity contribution in [2.45, 2.75) is 77.9 Å². The van der Waals surface area contributed by atoms with E-state index in [-0.39, 0.29) is 0 Å². The second kappa shape index (κ2) is 15.0. The number of hydrogen-bond acceptors (Lipinski definition) is 3. The van der Waals surface area contributed by atoms with Crippen molar-refractivity contribution in [3.63, 3.8) is 0 Å². The zero-order chi connectivity index (χ0) is 27.4. The molecule has 2 rings (SSSR count). The van der Waals surface area contributed by atoms with E-state index in [9.17, 15) is 0 Å². The largest absolute Gasteiger partial charge is 0.497 e. The van der Waals surface area contributed by atoms with Gasteiger partial charge in [-0.1, -0.05) is 84.8 Å². The fourth-order valence-electron chi connectivity index (χ4n) is 4.92. The summed E-state index contributed by atoms with van der Waals surface area (Å²) >= 11 is 1.87. The standard InChI is InChI=1S/C33H44O2SSi/c1-10-11-23-36-33(29-16-20-32(35-9)21-17-29)30(15-12-28-13-18-31(34-8)19-14-28)22-24-37(25(2)3,26(4)5)27(6)7/h13-14,16-21,25-27H,10-11,23H2,1-9H3/b33-30-. The first-order valence-electron chi connectivity index (χ1n) is 13.4. The molecule has 0 amide bonds. The number of benzene rings is 2. The Morgan fingerprint density at radius 3 is 1.76 bits per heavy atom. The Morgan fingerprint density at radius 1 is 0.784 bits per heavy atom. The monoisotopic (exact) mass is 532 g/mol. The highest BCUT2D eigenvalue weighted by molar-refractivity contribution is 8.08. The summed E-state index contributed by atoms with van der Waals surface area (Å²) in [4.78, 5) is 1.16. The van der Waals surface area contributed by atoms with Crippen molar-refractivity contribution in [1.82, 2.24) is 0 Å². The first kappa shape index (κ1) is 30.7. The van der Waals surface area contributed by atoms with Gasteiger partial charge in [-0.05, 0) is 70.8 Å². The van der Waals surface area contributed by atoms with Gasteiger partial charge < -0.3 is 9.47 Å². The molecular weight excluding hydrogens is 489 g/mol. The lowest BCUT2D eigenvalue weighted by molar-refractivity contribution is 0.414. The van der Waals surface area contributed by atoms with Crippen LogP contribution in [0.5, 0.6) is 11.5 Å². The van der Waals surface area contributed by atoms with Crippen molar-refractivity contribution in [3.8, 4) is 34.8 Å². The van der Waals surface area contributed by atoms with Gasteiger partial charge >= 0.3 is 0 Å². The van der Waals surface area contributed by atoms with Crippen LogP contribution in [0.2, 0.25) is 16.6 Å². The van der Waals surface area contributed by atoms with Crippen LogP contribution < -0.4 is 9.47 Å². The van der Waals surface area contributed by atoms with Gasteiger partial charge in [0, 0.05) is 10.5 Å². The molecule has 37 heavy (non-hydrogen) atoms. The highest BCUT2D eigenvalue weighted by Gasteiger charge is 2.41. The maximum absolute atomic E-state index is 5.42. The van der Waals surface area contributed by atoms with Crippen molar-refractivity contribution in [1.29, 1.82) is 0 Å². The van der Waals surface area contributed by atoms with E-state index in [1.54, 1.807) is 14.2 Å². The van der Waals surface area contributed by atoms with Crippen LogP contribution in [0.4, 0.5) is 0 Å². The third-order valence-electron chi connectivity index (χ3n) is 7.02. The number of allylic oxidation sites excluding steroid dienone is 1. The minimum absolute atomic E-state index is 0.563. The lowest BCUT2D eigenvalue weighted by Gasteiger charge is -2.38. The number of rotatable bonds is 10. The van der Waals surface area contributed by atoms with Crippen molar-refractivity contribution in [2.24, 2.45) is 0 Å². The maximum atomic E-state index is 5.42.